The maximum Gasteiger partial charge on any atom is 0.231 e. The van der Waals surface area contributed by atoms with Gasteiger partial charge in [-0.25, -0.2) is 0 Å². The number of hydrogen-bond donors (Lipinski definition) is 2. The van der Waals surface area contributed by atoms with Crippen LogP contribution in [-0.2, 0) is 20.7 Å². The molecule has 6 heteroatoms. The van der Waals surface area contributed by atoms with Gasteiger partial charge in [0.05, 0.1) is 25.6 Å². The average molecular weight is 291 g/mol. The smallest absolute Gasteiger partial charge is 0.231 e. The van der Waals surface area contributed by atoms with Crippen molar-refractivity contribution in [1.82, 2.24) is 4.90 Å². The number of ether oxygens (including phenoxy) is 1. The number of carbonyl (C=O) groups is 2. The van der Waals surface area contributed by atoms with Crippen molar-refractivity contribution in [3.63, 3.8) is 0 Å². The molecule has 0 spiro atoms. The summed E-state index contributed by atoms with van der Waals surface area (Å²) in [6.07, 6.45) is 0.350. The molecule has 2 unspecified atom stereocenters. The summed E-state index contributed by atoms with van der Waals surface area (Å²) in [6, 6.07) is 7.00. The van der Waals surface area contributed by atoms with Gasteiger partial charge in [0.2, 0.25) is 11.8 Å². The largest absolute Gasteiger partial charge is 0.379 e. The van der Waals surface area contributed by atoms with Gasteiger partial charge in [-0.05, 0) is 17.7 Å². The van der Waals surface area contributed by atoms with E-state index in [-0.39, 0.29) is 23.8 Å². The van der Waals surface area contributed by atoms with Crippen molar-refractivity contribution in [1.29, 1.82) is 0 Å². The molecule has 3 N–H and O–H groups in total. The third-order valence-electron chi connectivity index (χ3n) is 3.54. The molecule has 1 saturated heterocycles. The van der Waals surface area contributed by atoms with Gasteiger partial charge in [0.25, 0.3) is 0 Å². The molecule has 1 aromatic carbocycles. The lowest BCUT2D eigenvalue weighted by Crippen LogP contribution is -2.37. The van der Waals surface area contributed by atoms with Crippen LogP contribution in [0.4, 0.5) is 5.69 Å². The predicted octanol–water partition coefficient (Wildman–Crippen LogP) is 0.230. The van der Waals surface area contributed by atoms with Crippen LogP contribution in [0.1, 0.15) is 5.56 Å². The summed E-state index contributed by atoms with van der Waals surface area (Å²) in [6.45, 7) is 0.784. The molecule has 1 aromatic rings. The molecule has 2 atom stereocenters. The normalized spacial score (nSPS) is 21.1. The summed E-state index contributed by atoms with van der Waals surface area (Å²) in [4.78, 5) is 25.2. The zero-order chi connectivity index (χ0) is 15.4. The first-order chi connectivity index (χ1) is 9.97. The fourth-order valence-corrected chi connectivity index (χ4v) is 2.11. The minimum Gasteiger partial charge on any atom is -0.379 e. The van der Waals surface area contributed by atoms with Gasteiger partial charge in [0.1, 0.15) is 0 Å². The van der Waals surface area contributed by atoms with Crippen molar-refractivity contribution in [2.75, 3.05) is 32.6 Å². The summed E-state index contributed by atoms with van der Waals surface area (Å²) in [5, 5.41) is 2.82. The van der Waals surface area contributed by atoms with Crippen LogP contribution in [0.5, 0.6) is 0 Å². The van der Waals surface area contributed by atoms with Crippen LogP contribution >= 0.6 is 0 Å². The van der Waals surface area contributed by atoms with Crippen LogP contribution in [0.3, 0.4) is 0 Å². The standard InChI is InChI=1S/C15H21N3O3/c1-18(2)14(19)7-10-3-5-11(6-4-10)17-15(20)12-8-21-9-13(12)16/h3-6,12-13H,7-9,16H2,1-2H3,(H,17,20). The Bertz CT molecular complexity index is 513. The van der Waals surface area contributed by atoms with E-state index in [1.807, 2.05) is 12.1 Å². The van der Waals surface area contributed by atoms with Gasteiger partial charge in [-0.1, -0.05) is 12.1 Å². The number of nitrogens with one attached hydrogen (secondary N) is 1. The Balaban J connectivity index is 1.93. The SMILES string of the molecule is CN(C)C(=O)Cc1ccc(NC(=O)C2COCC2N)cc1. The molecule has 2 rings (SSSR count). The molecule has 0 bridgehead atoms. The molecule has 1 aliphatic heterocycles. The van der Waals surface area contributed by atoms with Crippen molar-refractivity contribution in [3.05, 3.63) is 29.8 Å². The molecular weight excluding hydrogens is 270 g/mol. The van der Waals surface area contributed by atoms with Gasteiger partial charge in [0, 0.05) is 25.8 Å². The summed E-state index contributed by atoms with van der Waals surface area (Å²) in [5.74, 6) is -0.391. The first-order valence-electron chi connectivity index (χ1n) is 6.90. The average Bonchev–Trinajstić information content (AvgIpc) is 2.87. The van der Waals surface area contributed by atoms with Crippen molar-refractivity contribution in [2.45, 2.75) is 12.5 Å². The molecule has 0 saturated carbocycles. The summed E-state index contributed by atoms with van der Waals surface area (Å²) in [5.41, 5.74) is 7.42. The molecule has 0 aliphatic carbocycles. The molecule has 6 nitrogen and oxygen atoms in total. The van der Waals surface area contributed by atoms with Crippen molar-refractivity contribution < 1.29 is 14.3 Å². The number of amides is 2. The fraction of sp³-hybridized carbons (Fsp3) is 0.467. The zero-order valence-corrected chi connectivity index (χ0v) is 12.3. The summed E-state index contributed by atoms with van der Waals surface area (Å²) in [7, 11) is 3.45. The van der Waals surface area contributed by atoms with E-state index in [9.17, 15) is 9.59 Å². The Morgan fingerprint density at radius 2 is 1.95 bits per heavy atom. The van der Waals surface area contributed by atoms with Gasteiger partial charge >= 0.3 is 0 Å². The topological polar surface area (TPSA) is 84.7 Å². The fourth-order valence-electron chi connectivity index (χ4n) is 2.11. The third kappa shape index (κ3) is 4.03. The van der Waals surface area contributed by atoms with Crippen LogP contribution in [0, 0.1) is 5.92 Å². The van der Waals surface area contributed by atoms with Crippen LogP contribution in [-0.4, -0.2) is 50.1 Å². The van der Waals surface area contributed by atoms with Crippen molar-refractivity contribution in [3.8, 4) is 0 Å². The van der Waals surface area contributed by atoms with Gasteiger partial charge in [-0.15, -0.1) is 0 Å². The van der Waals surface area contributed by atoms with Crippen molar-refractivity contribution in [2.24, 2.45) is 11.7 Å². The zero-order valence-electron chi connectivity index (χ0n) is 12.3. The van der Waals surface area contributed by atoms with Crippen molar-refractivity contribution >= 4 is 17.5 Å². The maximum absolute atomic E-state index is 12.0. The lowest BCUT2D eigenvalue weighted by molar-refractivity contribution is -0.128. The molecule has 21 heavy (non-hydrogen) atoms. The Labute approximate surface area is 124 Å². The Kier molecular flexibility index (Phi) is 4.93. The second-order valence-electron chi connectivity index (χ2n) is 5.46. The lowest BCUT2D eigenvalue weighted by atomic mass is 10.0. The second kappa shape index (κ2) is 6.69. The lowest BCUT2D eigenvalue weighted by Gasteiger charge is -2.14. The van der Waals surface area contributed by atoms with E-state index in [0.717, 1.165) is 5.56 Å². The van der Waals surface area contributed by atoms with Gasteiger partial charge in [-0.2, -0.15) is 0 Å². The van der Waals surface area contributed by atoms with E-state index < -0.39 is 0 Å². The molecule has 0 radical (unpaired) electrons. The van der Waals surface area contributed by atoms with Gasteiger partial charge in [-0.3, -0.25) is 9.59 Å². The number of nitrogens with zero attached hydrogens (tertiary/aromatic N) is 1. The van der Waals surface area contributed by atoms with E-state index in [1.165, 1.54) is 0 Å². The highest BCUT2D eigenvalue weighted by Gasteiger charge is 2.31. The van der Waals surface area contributed by atoms with E-state index in [1.54, 1.807) is 31.1 Å². The van der Waals surface area contributed by atoms with E-state index in [0.29, 0.717) is 25.3 Å². The molecule has 2 amide bonds. The molecular formula is C15H21N3O3. The highest BCUT2D eigenvalue weighted by atomic mass is 16.5. The van der Waals surface area contributed by atoms with E-state index in [2.05, 4.69) is 5.32 Å². The van der Waals surface area contributed by atoms with Crippen LogP contribution < -0.4 is 11.1 Å². The van der Waals surface area contributed by atoms with Crippen LogP contribution in [0.2, 0.25) is 0 Å². The number of rotatable bonds is 4. The first-order valence-corrected chi connectivity index (χ1v) is 6.90. The Hall–Kier alpha value is -1.92. The number of carbonyl (C=O) groups excluding carboxylic acids is 2. The number of hydrogen-bond acceptors (Lipinski definition) is 4. The minimum atomic E-state index is -0.306. The summed E-state index contributed by atoms with van der Waals surface area (Å²) >= 11 is 0. The molecule has 1 heterocycles. The number of benzene rings is 1. The second-order valence-corrected chi connectivity index (χ2v) is 5.46. The van der Waals surface area contributed by atoms with Gasteiger partial charge in [0.15, 0.2) is 0 Å². The van der Waals surface area contributed by atoms with E-state index >= 15 is 0 Å². The highest BCUT2D eigenvalue weighted by molar-refractivity contribution is 5.93. The number of likely N-dealkylation sites (N-methyl/N-ethyl adjacent to an activating group) is 1. The Morgan fingerprint density at radius 1 is 1.29 bits per heavy atom. The first kappa shape index (κ1) is 15.5. The van der Waals surface area contributed by atoms with Gasteiger partial charge < -0.3 is 20.7 Å². The number of anilines is 1. The summed E-state index contributed by atoms with van der Waals surface area (Å²) < 4.78 is 5.19. The molecule has 114 valence electrons. The monoisotopic (exact) mass is 291 g/mol. The number of nitrogens with two attached hydrogens (primary N) is 1. The molecule has 1 aliphatic rings. The minimum absolute atomic E-state index is 0.0425. The highest BCUT2D eigenvalue weighted by Crippen LogP contribution is 2.16. The quantitative estimate of drug-likeness (QED) is 0.831. The Morgan fingerprint density at radius 3 is 2.48 bits per heavy atom. The third-order valence-corrected chi connectivity index (χ3v) is 3.54. The van der Waals surface area contributed by atoms with Crippen LogP contribution in [0.15, 0.2) is 24.3 Å². The molecule has 0 aromatic heterocycles. The van der Waals surface area contributed by atoms with E-state index in [4.69, 9.17) is 10.5 Å². The molecule has 1 fully saturated rings. The van der Waals surface area contributed by atoms with Crippen LogP contribution in [0.25, 0.3) is 0 Å². The maximum atomic E-state index is 12.0. The predicted molar refractivity (Wildman–Crippen MR) is 79.8 cm³/mol.